The Bertz CT molecular complexity index is 1340. The molecule has 11 nitrogen and oxygen atoms in total. The van der Waals surface area contributed by atoms with Gasteiger partial charge in [0.25, 0.3) is 5.91 Å². The number of H-pyrrole nitrogens is 1. The minimum absolute atomic E-state index is 0.0317. The number of oxazole rings is 1. The molecule has 0 bridgehead atoms. The third-order valence-corrected chi connectivity index (χ3v) is 4.37. The van der Waals surface area contributed by atoms with E-state index in [1.54, 1.807) is 36.5 Å². The highest BCUT2D eigenvalue weighted by atomic mass is 16.5. The van der Waals surface area contributed by atoms with Crippen molar-refractivity contribution in [3.05, 3.63) is 52.6 Å². The second-order valence-electron chi connectivity index (χ2n) is 6.58. The Hall–Kier alpha value is -4.41. The molecule has 0 saturated heterocycles. The number of anilines is 5. The van der Waals surface area contributed by atoms with Gasteiger partial charge in [0.2, 0.25) is 5.95 Å². The Balaban J connectivity index is 1.39. The zero-order valence-electron chi connectivity index (χ0n) is 15.6. The summed E-state index contributed by atoms with van der Waals surface area (Å²) in [5, 5.41) is 8.87. The molecule has 11 heteroatoms. The summed E-state index contributed by atoms with van der Waals surface area (Å²) >= 11 is 0. The standard InChI is InChI=1S/C19H15N7O4/c1-9-7-20-18(24-14-5-4-13-17(23-14)25-15(27)8-29-13)26-16(9)21-10-2-3-12-11(6-10)22-19(28)30-12/h2-7H,8H2,1H3,(H,22,28)(H3,20,21,23,24,25,26,27). The first-order valence-electron chi connectivity index (χ1n) is 8.98. The number of aromatic amines is 1. The zero-order valence-corrected chi connectivity index (χ0v) is 15.6. The van der Waals surface area contributed by atoms with Gasteiger partial charge in [-0.15, -0.1) is 0 Å². The number of nitrogens with zero attached hydrogens (tertiary/aromatic N) is 3. The van der Waals surface area contributed by atoms with Gasteiger partial charge < -0.3 is 25.1 Å². The van der Waals surface area contributed by atoms with Gasteiger partial charge in [0, 0.05) is 17.4 Å². The van der Waals surface area contributed by atoms with Gasteiger partial charge in [-0.2, -0.15) is 4.98 Å². The van der Waals surface area contributed by atoms with E-state index in [0.29, 0.717) is 40.3 Å². The Kier molecular flexibility index (Phi) is 4.05. The number of hydrogen-bond acceptors (Lipinski definition) is 9. The van der Waals surface area contributed by atoms with Crippen molar-refractivity contribution in [3.8, 4) is 5.75 Å². The van der Waals surface area contributed by atoms with Crippen LogP contribution in [0.25, 0.3) is 11.1 Å². The molecule has 0 fully saturated rings. The van der Waals surface area contributed by atoms with Crippen LogP contribution in [0.2, 0.25) is 0 Å². The van der Waals surface area contributed by atoms with Crippen LogP contribution in [0.3, 0.4) is 0 Å². The number of nitrogens with one attached hydrogen (secondary N) is 4. The molecule has 1 aliphatic rings. The average Bonchev–Trinajstić information content (AvgIpc) is 3.09. The molecule has 0 unspecified atom stereocenters. The second kappa shape index (κ2) is 6.88. The van der Waals surface area contributed by atoms with E-state index < -0.39 is 5.76 Å². The molecular weight excluding hydrogens is 390 g/mol. The molecule has 1 amide bonds. The lowest BCUT2D eigenvalue weighted by atomic mass is 10.2. The van der Waals surface area contributed by atoms with Crippen molar-refractivity contribution in [1.29, 1.82) is 0 Å². The van der Waals surface area contributed by atoms with Crippen LogP contribution in [0.4, 0.5) is 29.1 Å². The third kappa shape index (κ3) is 3.39. The van der Waals surface area contributed by atoms with Crippen LogP contribution in [-0.2, 0) is 4.79 Å². The van der Waals surface area contributed by atoms with Crippen LogP contribution in [0.1, 0.15) is 5.56 Å². The Morgan fingerprint density at radius 1 is 1.10 bits per heavy atom. The van der Waals surface area contributed by atoms with Crippen molar-refractivity contribution >= 4 is 46.1 Å². The SMILES string of the molecule is Cc1cnc(Nc2ccc3c(n2)NC(=O)CO3)nc1Nc1ccc2oc(=O)[nH]c2c1. The molecule has 1 aromatic carbocycles. The number of aryl methyl sites for hydroxylation is 1. The average molecular weight is 405 g/mol. The molecule has 30 heavy (non-hydrogen) atoms. The predicted molar refractivity (Wildman–Crippen MR) is 109 cm³/mol. The van der Waals surface area contributed by atoms with Gasteiger partial charge in [0.05, 0.1) is 5.52 Å². The lowest BCUT2D eigenvalue weighted by Crippen LogP contribution is -2.26. The van der Waals surface area contributed by atoms with Crippen LogP contribution in [0.5, 0.6) is 5.75 Å². The number of carbonyl (C=O) groups excluding carboxylic acids is 1. The summed E-state index contributed by atoms with van der Waals surface area (Å²) in [5.41, 5.74) is 2.60. The first-order chi connectivity index (χ1) is 14.5. The number of pyridine rings is 1. The van der Waals surface area contributed by atoms with Crippen molar-refractivity contribution in [2.45, 2.75) is 6.92 Å². The molecule has 0 saturated carbocycles. The lowest BCUT2D eigenvalue weighted by molar-refractivity contribution is -0.118. The Labute approximate surface area is 168 Å². The highest BCUT2D eigenvalue weighted by Gasteiger charge is 2.17. The van der Waals surface area contributed by atoms with Gasteiger partial charge in [0.15, 0.2) is 23.8 Å². The van der Waals surface area contributed by atoms with Crippen LogP contribution in [-0.4, -0.2) is 32.4 Å². The molecule has 4 N–H and O–H groups in total. The summed E-state index contributed by atoms with van der Waals surface area (Å²) < 4.78 is 10.3. The lowest BCUT2D eigenvalue weighted by Gasteiger charge is -2.17. The molecule has 1 aliphatic heterocycles. The fourth-order valence-electron chi connectivity index (χ4n) is 2.94. The molecule has 4 aromatic rings. The van der Waals surface area contributed by atoms with Gasteiger partial charge in [-0.25, -0.2) is 14.8 Å². The minimum Gasteiger partial charge on any atom is -0.480 e. The van der Waals surface area contributed by atoms with Crippen molar-refractivity contribution < 1.29 is 13.9 Å². The number of rotatable bonds is 4. The van der Waals surface area contributed by atoms with E-state index in [-0.39, 0.29) is 12.5 Å². The predicted octanol–water partition coefficient (Wildman–Crippen LogP) is 2.43. The number of ether oxygens (including phenoxy) is 1. The van der Waals surface area contributed by atoms with Gasteiger partial charge in [-0.05, 0) is 37.3 Å². The number of amides is 1. The summed E-state index contributed by atoms with van der Waals surface area (Å²) in [6.45, 7) is 1.84. The molecule has 0 spiro atoms. The Morgan fingerprint density at radius 2 is 2.00 bits per heavy atom. The highest BCUT2D eigenvalue weighted by Crippen LogP contribution is 2.28. The molecule has 0 radical (unpaired) electrons. The number of benzene rings is 1. The van der Waals surface area contributed by atoms with Crippen molar-refractivity contribution in [2.24, 2.45) is 0 Å². The van der Waals surface area contributed by atoms with Crippen LogP contribution in [0, 0.1) is 6.92 Å². The topological polar surface area (TPSA) is 147 Å². The zero-order chi connectivity index (χ0) is 20.7. The number of fused-ring (bicyclic) bond motifs is 2. The third-order valence-electron chi connectivity index (χ3n) is 4.37. The summed E-state index contributed by atoms with van der Waals surface area (Å²) in [7, 11) is 0. The fourth-order valence-corrected chi connectivity index (χ4v) is 2.94. The van der Waals surface area contributed by atoms with E-state index in [1.807, 2.05) is 6.92 Å². The quantitative estimate of drug-likeness (QED) is 0.402. The Morgan fingerprint density at radius 3 is 2.90 bits per heavy atom. The van der Waals surface area contributed by atoms with E-state index in [4.69, 9.17) is 9.15 Å². The second-order valence-corrected chi connectivity index (χ2v) is 6.58. The molecule has 3 aromatic heterocycles. The van der Waals surface area contributed by atoms with Crippen molar-refractivity contribution in [2.75, 3.05) is 22.6 Å². The molecule has 150 valence electrons. The summed E-state index contributed by atoms with van der Waals surface area (Å²) in [6.07, 6.45) is 1.67. The number of carbonyl (C=O) groups is 1. The normalized spacial score (nSPS) is 12.8. The van der Waals surface area contributed by atoms with Gasteiger partial charge in [-0.3, -0.25) is 9.78 Å². The summed E-state index contributed by atoms with van der Waals surface area (Å²) in [4.78, 5) is 38.5. The van der Waals surface area contributed by atoms with E-state index in [9.17, 15) is 9.59 Å². The molecule has 4 heterocycles. The first kappa shape index (κ1) is 17.7. The maximum Gasteiger partial charge on any atom is 0.417 e. The van der Waals surface area contributed by atoms with Crippen LogP contribution < -0.4 is 26.4 Å². The maximum atomic E-state index is 11.5. The highest BCUT2D eigenvalue weighted by molar-refractivity contribution is 5.94. The molecule has 0 aliphatic carbocycles. The van der Waals surface area contributed by atoms with Gasteiger partial charge in [-0.1, -0.05) is 0 Å². The smallest absolute Gasteiger partial charge is 0.417 e. The maximum absolute atomic E-state index is 11.5. The van der Waals surface area contributed by atoms with Gasteiger partial charge >= 0.3 is 5.76 Å². The fraction of sp³-hybridized carbons (Fsp3) is 0.105. The number of hydrogen-bond donors (Lipinski definition) is 4. The van der Waals surface area contributed by atoms with Crippen LogP contribution >= 0.6 is 0 Å². The number of aromatic nitrogens is 4. The molecular formula is C19H15N7O4. The van der Waals surface area contributed by atoms with E-state index in [0.717, 1.165) is 11.3 Å². The van der Waals surface area contributed by atoms with E-state index >= 15 is 0 Å². The minimum atomic E-state index is -0.508. The van der Waals surface area contributed by atoms with Gasteiger partial charge in [0.1, 0.15) is 11.6 Å². The van der Waals surface area contributed by atoms with Crippen molar-refractivity contribution in [3.63, 3.8) is 0 Å². The molecule has 5 rings (SSSR count). The summed E-state index contributed by atoms with van der Waals surface area (Å²) in [5.74, 6) is 1.41. The van der Waals surface area contributed by atoms with E-state index in [2.05, 4.69) is 35.9 Å². The first-order valence-corrected chi connectivity index (χ1v) is 8.98. The molecule has 0 atom stereocenters. The van der Waals surface area contributed by atoms with Crippen molar-refractivity contribution in [1.82, 2.24) is 19.9 Å². The monoisotopic (exact) mass is 405 g/mol. The largest absolute Gasteiger partial charge is 0.480 e. The van der Waals surface area contributed by atoms with Crippen LogP contribution in [0.15, 0.2) is 45.7 Å². The van der Waals surface area contributed by atoms with E-state index in [1.165, 1.54) is 0 Å². The summed E-state index contributed by atoms with van der Waals surface area (Å²) in [6, 6.07) is 8.64.